The second kappa shape index (κ2) is 5.41. The summed E-state index contributed by atoms with van der Waals surface area (Å²) in [6.07, 6.45) is 0.821. The molecule has 0 unspecified atom stereocenters. The van der Waals surface area contributed by atoms with Crippen molar-refractivity contribution < 1.29 is 9.53 Å². The van der Waals surface area contributed by atoms with Crippen LogP contribution < -0.4 is 0 Å². The highest BCUT2D eigenvalue weighted by atomic mass is 35.5. The van der Waals surface area contributed by atoms with E-state index in [1.54, 1.807) is 6.92 Å². The predicted octanol–water partition coefficient (Wildman–Crippen LogP) is 3.15. The molecule has 0 saturated heterocycles. The topological polar surface area (TPSA) is 50.1 Å². The van der Waals surface area contributed by atoms with Crippen molar-refractivity contribution in [1.29, 1.82) is 5.26 Å². The fourth-order valence-electron chi connectivity index (χ4n) is 1.89. The molecule has 0 bridgehead atoms. The fourth-order valence-corrected chi connectivity index (χ4v) is 2.01. The Morgan fingerprint density at radius 1 is 1.56 bits per heavy atom. The molecule has 1 fully saturated rings. The van der Waals surface area contributed by atoms with Crippen LogP contribution >= 0.6 is 11.6 Å². The molecule has 0 spiro atoms. The summed E-state index contributed by atoms with van der Waals surface area (Å²) < 4.78 is 5.11. The number of hydrogen-bond donors (Lipinski definition) is 0. The SMILES string of the molecule is C[C@H](C#N)COC(=O)[C@H]1C[C@H]1c1ccc(Cl)cc1. The molecule has 1 aliphatic carbocycles. The van der Waals surface area contributed by atoms with Crippen molar-refractivity contribution >= 4 is 17.6 Å². The third-order valence-corrected chi connectivity index (χ3v) is 3.34. The van der Waals surface area contributed by atoms with Crippen molar-refractivity contribution in [2.45, 2.75) is 19.3 Å². The summed E-state index contributed by atoms with van der Waals surface area (Å²) in [4.78, 5) is 11.7. The Balaban J connectivity index is 1.85. The van der Waals surface area contributed by atoms with Crippen LogP contribution in [0.2, 0.25) is 5.02 Å². The molecule has 0 aromatic heterocycles. The molecule has 2 rings (SSSR count). The molecule has 0 radical (unpaired) electrons. The summed E-state index contributed by atoms with van der Waals surface area (Å²) in [6, 6.07) is 9.58. The van der Waals surface area contributed by atoms with Gasteiger partial charge in [0, 0.05) is 5.02 Å². The van der Waals surface area contributed by atoms with E-state index in [2.05, 4.69) is 0 Å². The first-order chi connectivity index (χ1) is 8.61. The van der Waals surface area contributed by atoms with Crippen LogP contribution in [-0.4, -0.2) is 12.6 Å². The van der Waals surface area contributed by atoms with Gasteiger partial charge in [-0.15, -0.1) is 0 Å². The summed E-state index contributed by atoms with van der Waals surface area (Å²) in [5.74, 6) is -0.261. The van der Waals surface area contributed by atoms with Crippen LogP contribution in [0.25, 0.3) is 0 Å². The normalized spacial score (nSPS) is 22.9. The molecule has 1 aromatic rings. The lowest BCUT2D eigenvalue weighted by molar-refractivity contribution is -0.146. The molecule has 4 heteroatoms. The quantitative estimate of drug-likeness (QED) is 0.784. The number of hydrogen-bond acceptors (Lipinski definition) is 3. The van der Waals surface area contributed by atoms with Gasteiger partial charge in [0.1, 0.15) is 6.61 Å². The Labute approximate surface area is 111 Å². The lowest BCUT2D eigenvalue weighted by Gasteiger charge is -2.05. The van der Waals surface area contributed by atoms with Gasteiger partial charge in [-0.05, 0) is 37.0 Å². The van der Waals surface area contributed by atoms with Gasteiger partial charge >= 0.3 is 5.97 Å². The number of carbonyl (C=O) groups excluding carboxylic acids is 1. The van der Waals surface area contributed by atoms with Gasteiger partial charge in [0.15, 0.2) is 0 Å². The zero-order valence-electron chi connectivity index (χ0n) is 10.1. The van der Waals surface area contributed by atoms with Gasteiger partial charge in [-0.3, -0.25) is 4.79 Å². The Kier molecular flexibility index (Phi) is 3.88. The molecule has 0 N–H and O–H groups in total. The first-order valence-electron chi connectivity index (χ1n) is 5.93. The Hall–Kier alpha value is -1.53. The van der Waals surface area contributed by atoms with Crippen LogP contribution in [0.5, 0.6) is 0 Å². The fraction of sp³-hybridized carbons (Fsp3) is 0.429. The monoisotopic (exact) mass is 263 g/mol. The first-order valence-corrected chi connectivity index (χ1v) is 6.31. The largest absolute Gasteiger partial charge is 0.464 e. The van der Waals surface area contributed by atoms with Gasteiger partial charge in [-0.25, -0.2) is 0 Å². The van der Waals surface area contributed by atoms with Gasteiger partial charge in [0.2, 0.25) is 0 Å². The van der Waals surface area contributed by atoms with E-state index in [4.69, 9.17) is 21.6 Å². The van der Waals surface area contributed by atoms with E-state index < -0.39 is 0 Å². The maximum absolute atomic E-state index is 11.7. The van der Waals surface area contributed by atoms with Crippen LogP contribution in [0, 0.1) is 23.2 Å². The van der Waals surface area contributed by atoms with Crippen molar-refractivity contribution in [2.24, 2.45) is 11.8 Å². The van der Waals surface area contributed by atoms with E-state index in [0.717, 1.165) is 12.0 Å². The molecule has 3 atom stereocenters. The first kappa shape index (κ1) is 12.9. The maximum atomic E-state index is 11.7. The van der Waals surface area contributed by atoms with Gasteiger partial charge < -0.3 is 4.74 Å². The summed E-state index contributed by atoms with van der Waals surface area (Å²) >= 11 is 5.81. The summed E-state index contributed by atoms with van der Waals surface area (Å²) in [6.45, 7) is 1.91. The smallest absolute Gasteiger partial charge is 0.309 e. The Bertz CT molecular complexity index is 478. The van der Waals surface area contributed by atoms with Crippen LogP contribution in [0.4, 0.5) is 0 Å². The zero-order chi connectivity index (χ0) is 13.1. The number of nitrogens with zero attached hydrogens (tertiary/aromatic N) is 1. The number of carbonyl (C=O) groups is 1. The van der Waals surface area contributed by atoms with E-state index >= 15 is 0 Å². The summed E-state index contributed by atoms with van der Waals surface area (Å²) in [5.41, 5.74) is 1.12. The lowest BCUT2D eigenvalue weighted by atomic mass is 10.1. The highest BCUT2D eigenvalue weighted by molar-refractivity contribution is 6.30. The molecule has 0 aliphatic heterocycles. The molecule has 1 saturated carbocycles. The minimum absolute atomic E-state index is 0.0583. The molecular formula is C14H14ClNO2. The van der Waals surface area contributed by atoms with Crippen molar-refractivity contribution in [2.75, 3.05) is 6.61 Å². The lowest BCUT2D eigenvalue weighted by Crippen LogP contribution is -2.12. The Morgan fingerprint density at radius 2 is 2.22 bits per heavy atom. The van der Waals surface area contributed by atoms with Gasteiger partial charge in [0.25, 0.3) is 0 Å². The van der Waals surface area contributed by atoms with Gasteiger partial charge in [-0.2, -0.15) is 5.26 Å². The number of ether oxygens (including phenoxy) is 1. The minimum Gasteiger partial charge on any atom is -0.464 e. The average molecular weight is 264 g/mol. The molecule has 0 heterocycles. The van der Waals surface area contributed by atoms with Crippen LogP contribution in [0.15, 0.2) is 24.3 Å². The second-order valence-electron chi connectivity index (χ2n) is 4.66. The van der Waals surface area contributed by atoms with Crippen LogP contribution in [-0.2, 0) is 9.53 Å². The molecule has 0 amide bonds. The van der Waals surface area contributed by atoms with E-state index in [-0.39, 0.29) is 30.3 Å². The average Bonchev–Trinajstić information content (AvgIpc) is 3.16. The van der Waals surface area contributed by atoms with Crippen molar-refractivity contribution in [1.82, 2.24) is 0 Å². The highest BCUT2D eigenvalue weighted by Crippen LogP contribution is 2.48. The third kappa shape index (κ3) is 3.02. The summed E-state index contributed by atoms with van der Waals surface area (Å²) in [7, 11) is 0. The second-order valence-corrected chi connectivity index (χ2v) is 5.10. The molecule has 3 nitrogen and oxygen atoms in total. The minimum atomic E-state index is -0.248. The molecule has 1 aliphatic rings. The number of nitriles is 1. The maximum Gasteiger partial charge on any atom is 0.309 e. The number of rotatable bonds is 4. The molecule has 94 valence electrons. The third-order valence-electron chi connectivity index (χ3n) is 3.09. The predicted molar refractivity (Wildman–Crippen MR) is 68.0 cm³/mol. The van der Waals surface area contributed by atoms with Crippen molar-refractivity contribution in [3.05, 3.63) is 34.9 Å². The highest BCUT2D eigenvalue weighted by Gasteiger charge is 2.45. The summed E-state index contributed by atoms with van der Waals surface area (Å²) in [5, 5.41) is 9.30. The van der Waals surface area contributed by atoms with Crippen molar-refractivity contribution in [3.8, 4) is 6.07 Å². The number of esters is 1. The van der Waals surface area contributed by atoms with E-state index in [0.29, 0.717) is 5.02 Å². The standard InChI is InChI=1S/C14H14ClNO2/c1-9(7-16)8-18-14(17)13-6-12(13)10-2-4-11(15)5-3-10/h2-5,9,12-13H,6,8H2,1H3/t9-,12+,13+/m1/s1. The molecular weight excluding hydrogens is 250 g/mol. The van der Waals surface area contributed by atoms with Crippen molar-refractivity contribution in [3.63, 3.8) is 0 Å². The van der Waals surface area contributed by atoms with Crippen LogP contribution in [0.1, 0.15) is 24.8 Å². The van der Waals surface area contributed by atoms with E-state index in [9.17, 15) is 4.79 Å². The van der Waals surface area contributed by atoms with Gasteiger partial charge in [0.05, 0.1) is 17.9 Å². The molecule has 1 aromatic carbocycles. The Morgan fingerprint density at radius 3 is 2.83 bits per heavy atom. The molecule has 18 heavy (non-hydrogen) atoms. The number of halogens is 1. The van der Waals surface area contributed by atoms with E-state index in [1.807, 2.05) is 30.3 Å². The zero-order valence-corrected chi connectivity index (χ0v) is 10.9. The number of benzene rings is 1. The van der Waals surface area contributed by atoms with E-state index in [1.165, 1.54) is 0 Å². The van der Waals surface area contributed by atoms with Gasteiger partial charge in [-0.1, -0.05) is 23.7 Å². The van der Waals surface area contributed by atoms with Crippen LogP contribution in [0.3, 0.4) is 0 Å².